The first-order valence-corrected chi connectivity index (χ1v) is 21.9. The standard InChI is InChI=1S/C41H56ClF2N5O7S/c1-4-49(5-2)57(53,54)45-39(51)41(52)24-38(50)46(3)18-8-7-11-36(55-21-20-47-27-40(43,44)28-47)34-16-13-30(34)25-48-19-9-6-10-29-22-33(42)15-12-31(29)26-56-37-17-14-32(41)23-35(37)48/h7,11-12,14-15,17,22-23,30,34,36,52H,4-6,8-10,13,16,18-21,24-28H2,1-3H3,(H,45,51)/b11-7+/t30-,34+,36-,41+/m0/s1. The van der Waals surface area contributed by atoms with Crippen LogP contribution in [0.25, 0.3) is 0 Å². The zero-order valence-electron chi connectivity index (χ0n) is 33.1. The number of halogens is 3. The van der Waals surface area contributed by atoms with Gasteiger partial charge in [-0.2, -0.15) is 12.7 Å². The quantitative estimate of drug-likeness (QED) is 0.331. The van der Waals surface area contributed by atoms with Gasteiger partial charge in [-0.05, 0) is 91.3 Å². The summed E-state index contributed by atoms with van der Waals surface area (Å²) in [5.41, 5.74) is 0.174. The van der Waals surface area contributed by atoms with Gasteiger partial charge in [0, 0.05) is 51.3 Å². The molecule has 4 atom stereocenters. The van der Waals surface area contributed by atoms with Crippen molar-refractivity contribution in [3.05, 3.63) is 70.3 Å². The number of carbonyl (C=O) groups excluding carboxylic acids is 2. The monoisotopic (exact) mass is 835 g/mol. The van der Waals surface area contributed by atoms with E-state index in [-0.39, 0.29) is 62.8 Å². The number of likely N-dealkylation sites (tertiary alicyclic amines) is 1. The Labute approximate surface area is 340 Å². The Morgan fingerprint density at radius 3 is 2.56 bits per heavy atom. The molecule has 0 unspecified atom stereocenters. The topological polar surface area (TPSA) is 132 Å². The Morgan fingerprint density at radius 2 is 1.86 bits per heavy atom. The van der Waals surface area contributed by atoms with Gasteiger partial charge in [0.2, 0.25) is 5.91 Å². The number of rotatable bonds is 9. The highest BCUT2D eigenvalue weighted by atomic mass is 35.5. The highest BCUT2D eigenvalue weighted by Crippen LogP contribution is 2.43. The molecule has 1 aliphatic carbocycles. The van der Waals surface area contributed by atoms with Gasteiger partial charge < -0.3 is 24.4 Å². The van der Waals surface area contributed by atoms with Crippen LogP contribution in [-0.4, -0.2) is 117 Å². The summed E-state index contributed by atoms with van der Waals surface area (Å²) < 4.78 is 69.7. The van der Waals surface area contributed by atoms with Gasteiger partial charge in [-0.3, -0.25) is 14.5 Å². The summed E-state index contributed by atoms with van der Waals surface area (Å²) in [7, 11) is -2.78. The maximum Gasteiger partial charge on any atom is 0.303 e. The van der Waals surface area contributed by atoms with E-state index in [4.69, 9.17) is 21.1 Å². The molecule has 314 valence electrons. The van der Waals surface area contributed by atoms with Crippen molar-refractivity contribution >= 4 is 39.3 Å². The van der Waals surface area contributed by atoms with Crippen molar-refractivity contribution in [2.75, 3.05) is 70.9 Å². The molecule has 4 aliphatic rings. The number of nitrogens with one attached hydrogen (secondary N) is 1. The van der Waals surface area contributed by atoms with Crippen LogP contribution >= 0.6 is 11.6 Å². The molecule has 12 nitrogen and oxygen atoms in total. The minimum Gasteiger partial charge on any atom is -0.487 e. The molecule has 1 saturated heterocycles. The molecule has 2 bridgehead atoms. The number of anilines is 1. The van der Waals surface area contributed by atoms with Crippen molar-refractivity contribution in [2.24, 2.45) is 11.8 Å². The van der Waals surface area contributed by atoms with Crippen LogP contribution < -0.4 is 14.4 Å². The molecule has 2 amide bonds. The van der Waals surface area contributed by atoms with Gasteiger partial charge >= 0.3 is 10.2 Å². The van der Waals surface area contributed by atoms with Crippen LogP contribution in [-0.2, 0) is 43.2 Å². The largest absolute Gasteiger partial charge is 0.487 e. The van der Waals surface area contributed by atoms with Crippen LogP contribution in [0.15, 0.2) is 48.6 Å². The summed E-state index contributed by atoms with van der Waals surface area (Å²) in [6, 6.07) is 10.6. The highest BCUT2D eigenvalue weighted by Gasteiger charge is 2.46. The Kier molecular flexibility index (Phi) is 13.9. The van der Waals surface area contributed by atoms with Crippen LogP contribution in [0.1, 0.15) is 69.1 Å². The lowest BCUT2D eigenvalue weighted by molar-refractivity contribution is -0.148. The summed E-state index contributed by atoms with van der Waals surface area (Å²) in [6.07, 6.45) is 7.73. The summed E-state index contributed by atoms with van der Waals surface area (Å²) in [4.78, 5) is 33.2. The van der Waals surface area contributed by atoms with Crippen molar-refractivity contribution in [3.63, 3.8) is 0 Å². The number of ether oxygens (including phenoxy) is 2. The van der Waals surface area contributed by atoms with E-state index in [0.717, 1.165) is 47.5 Å². The van der Waals surface area contributed by atoms with Crippen molar-refractivity contribution < 1.29 is 41.4 Å². The second kappa shape index (κ2) is 18.3. The Morgan fingerprint density at radius 1 is 1.09 bits per heavy atom. The highest BCUT2D eigenvalue weighted by molar-refractivity contribution is 7.87. The first kappa shape index (κ1) is 43.2. The van der Waals surface area contributed by atoms with Gasteiger partial charge in [0.1, 0.15) is 12.4 Å². The second-order valence-corrected chi connectivity index (χ2v) is 17.9. The molecule has 0 radical (unpaired) electrons. The van der Waals surface area contributed by atoms with E-state index >= 15 is 0 Å². The van der Waals surface area contributed by atoms with Gasteiger partial charge in [-0.1, -0.05) is 49.7 Å². The summed E-state index contributed by atoms with van der Waals surface area (Å²) in [5.74, 6) is -3.62. The van der Waals surface area contributed by atoms with Crippen molar-refractivity contribution in [1.82, 2.24) is 18.8 Å². The molecule has 3 aliphatic heterocycles. The number of fused-ring (bicyclic) bond motifs is 3. The van der Waals surface area contributed by atoms with Crippen LogP contribution in [0.3, 0.4) is 0 Å². The molecule has 2 aromatic rings. The molecular formula is C41H56ClF2N5O7S. The molecule has 0 spiro atoms. The van der Waals surface area contributed by atoms with Crippen LogP contribution in [0.5, 0.6) is 5.75 Å². The number of aryl methyl sites for hydroxylation is 1. The van der Waals surface area contributed by atoms with E-state index in [0.29, 0.717) is 49.1 Å². The van der Waals surface area contributed by atoms with E-state index in [9.17, 15) is 31.9 Å². The fourth-order valence-corrected chi connectivity index (χ4v) is 9.67. The molecule has 57 heavy (non-hydrogen) atoms. The number of aliphatic hydroxyl groups is 1. The maximum absolute atomic E-state index is 14.1. The number of amides is 2. The number of nitrogens with zero attached hydrogens (tertiary/aromatic N) is 4. The zero-order chi connectivity index (χ0) is 41.0. The summed E-state index contributed by atoms with van der Waals surface area (Å²) in [6.45, 7) is 5.36. The molecule has 2 N–H and O–H groups in total. The van der Waals surface area contributed by atoms with Crippen LogP contribution in [0.4, 0.5) is 14.5 Å². The third kappa shape index (κ3) is 10.3. The van der Waals surface area contributed by atoms with E-state index in [1.54, 1.807) is 37.9 Å². The lowest BCUT2D eigenvalue weighted by Crippen LogP contribution is -2.57. The molecular weight excluding hydrogens is 780 g/mol. The van der Waals surface area contributed by atoms with E-state index in [1.807, 2.05) is 30.4 Å². The number of hydrogen-bond acceptors (Lipinski definition) is 9. The lowest BCUT2D eigenvalue weighted by Gasteiger charge is -2.44. The fourth-order valence-electron chi connectivity index (χ4n) is 8.26. The Hall–Kier alpha value is -3.34. The van der Waals surface area contributed by atoms with Gasteiger partial charge in [0.15, 0.2) is 5.60 Å². The predicted octanol–water partition coefficient (Wildman–Crippen LogP) is 5.12. The maximum atomic E-state index is 14.1. The second-order valence-electron chi connectivity index (χ2n) is 15.8. The van der Waals surface area contributed by atoms with Gasteiger partial charge in [0.05, 0.1) is 37.9 Å². The smallest absolute Gasteiger partial charge is 0.303 e. The minimum atomic E-state index is -4.35. The van der Waals surface area contributed by atoms with Crippen molar-refractivity contribution in [3.8, 4) is 5.75 Å². The fraction of sp³-hybridized carbons (Fsp3) is 0.610. The molecule has 6 rings (SSSR count). The van der Waals surface area contributed by atoms with E-state index < -0.39 is 40.0 Å². The normalized spacial score (nSPS) is 26.5. The SMILES string of the molecule is CCN(CC)S(=O)(=O)NC(=O)[C@@]1(O)CC(=O)N(C)CC/C=C/[C@H](OCCN2CC(F)(F)C2)[C@@H]2CC[C@H]2CN2CCCCc3cc(Cl)ccc3COc3ccc1cc32. The number of alkyl halides is 2. The van der Waals surface area contributed by atoms with Gasteiger partial charge in [-0.15, -0.1) is 0 Å². The predicted molar refractivity (Wildman–Crippen MR) is 215 cm³/mol. The van der Waals surface area contributed by atoms with E-state index in [2.05, 4.69) is 9.62 Å². The number of carbonyl (C=O) groups is 2. The number of benzene rings is 2. The first-order valence-electron chi connectivity index (χ1n) is 20.1. The van der Waals surface area contributed by atoms with Gasteiger partial charge in [0.25, 0.3) is 11.8 Å². The van der Waals surface area contributed by atoms with Gasteiger partial charge in [-0.25, -0.2) is 13.5 Å². The van der Waals surface area contributed by atoms with Crippen LogP contribution in [0, 0.1) is 11.8 Å². The molecule has 2 aromatic carbocycles. The zero-order valence-corrected chi connectivity index (χ0v) is 34.7. The first-order chi connectivity index (χ1) is 27.1. The van der Waals surface area contributed by atoms with E-state index in [1.165, 1.54) is 11.0 Å². The third-order valence-corrected chi connectivity index (χ3v) is 13.7. The lowest BCUT2D eigenvalue weighted by atomic mass is 9.70. The Balaban J connectivity index is 1.38. The molecule has 0 aromatic heterocycles. The van der Waals surface area contributed by atoms with Crippen LogP contribution in [0.2, 0.25) is 5.02 Å². The third-order valence-electron chi connectivity index (χ3n) is 11.9. The molecule has 3 heterocycles. The minimum absolute atomic E-state index is 0.0563. The molecule has 16 heteroatoms. The molecule has 2 fully saturated rings. The molecule has 1 saturated carbocycles. The average Bonchev–Trinajstić information content (AvgIpc) is 3.16. The number of hydrogen-bond donors (Lipinski definition) is 2. The van der Waals surface area contributed by atoms with Crippen molar-refractivity contribution in [2.45, 2.75) is 83.0 Å². The summed E-state index contributed by atoms with van der Waals surface area (Å²) in [5, 5.41) is 13.1. The van der Waals surface area contributed by atoms with Crippen molar-refractivity contribution in [1.29, 1.82) is 0 Å². The average molecular weight is 836 g/mol. The Bertz CT molecular complexity index is 1890. The summed E-state index contributed by atoms with van der Waals surface area (Å²) >= 11 is 6.39.